The smallest absolute Gasteiger partial charge is 0.246 e. The van der Waals surface area contributed by atoms with Gasteiger partial charge in [-0.05, 0) is 32.2 Å². The van der Waals surface area contributed by atoms with Crippen LogP contribution in [0.2, 0.25) is 0 Å². The molecule has 1 N–H and O–H groups in total. The predicted molar refractivity (Wildman–Crippen MR) is 51.1 cm³/mol. The van der Waals surface area contributed by atoms with E-state index >= 15 is 0 Å². The Hall–Kier alpha value is -0.830. The molecule has 2 aliphatic heterocycles. The summed E-state index contributed by atoms with van der Waals surface area (Å²) in [4.78, 5) is 13.7. The van der Waals surface area contributed by atoms with Crippen LogP contribution in [0.15, 0.2) is 12.3 Å². The van der Waals surface area contributed by atoms with Crippen LogP contribution in [0, 0.1) is 0 Å². The lowest BCUT2D eigenvalue weighted by atomic mass is 9.91. The number of likely N-dealkylation sites (N-methyl/N-ethyl adjacent to an activating group) is 1. The summed E-state index contributed by atoms with van der Waals surface area (Å²) in [7, 11) is 1.84. The van der Waals surface area contributed by atoms with E-state index in [9.17, 15) is 4.79 Å². The second kappa shape index (κ2) is 3.14. The van der Waals surface area contributed by atoms with Crippen LogP contribution in [0.4, 0.5) is 0 Å². The summed E-state index contributed by atoms with van der Waals surface area (Å²) in [6, 6.07) is 0. The Morgan fingerprint density at radius 1 is 1.54 bits per heavy atom. The molecule has 1 saturated heterocycles. The van der Waals surface area contributed by atoms with Crippen molar-refractivity contribution in [2.24, 2.45) is 0 Å². The molecule has 0 bridgehead atoms. The Labute approximate surface area is 78.8 Å². The van der Waals surface area contributed by atoms with Gasteiger partial charge in [-0.25, -0.2) is 0 Å². The molecule has 0 unspecified atom stereocenters. The van der Waals surface area contributed by atoms with Gasteiger partial charge in [-0.2, -0.15) is 0 Å². The maximum absolute atomic E-state index is 12.0. The topological polar surface area (TPSA) is 32.3 Å². The van der Waals surface area contributed by atoms with E-state index in [0.717, 1.165) is 32.2 Å². The van der Waals surface area contributed by atoms with Crippen molar-refractivity contribution in [2.75, 3.05) is 13.6 Å². The third-order valence-corrected chi connectivity index (χ3v) is 3.04. The number of nitrogens with one attached hydrogen (secondary N) is 1. The van der Waals surface area contributed by atoms with E-state index in [4.69, 9.17) is 0 Å². The first-order chi connectivity index (χ1) is 6.25. The lowest BCUT2D eigenvalue weighted by Crippen LogP contribution is -2.51. The lowest BCUT2D eigenvalue weighted by Gasteiger charge is -2.29. The van der Waals surface area contributed by atoms with Gasteiger partial charge in [-0.3, -0.25) is 4.79 Å². The molecule has 2 aliphatic rings. The minimum Gasteiger partial charge on any atom is -0.321 e. The molecular formula is C10H16N2O. The molecule has 3 nitrogen and oxygen atoms in total. The molecule has 0 aliphatic carbocycles. The third-order valence-electron chi connectivity index (χ3n) is 3.04. The van der Waals surface area contributed by atoms with Gasteiger partial charge in [0, 0.05) is 13.2 Å². The Morgan fingerprint density at radius 3 is 3.08 bits per heavy atom. The Kier molecular flexibility index (Phi) is 2.12. The summed E-state index contributed by atoms with van der Waals surface area (Å²) in [6.07, 6.45) is 8.04. The highest BCUT2D eigenvalue weighted by molar-refractivity contribution is 5.87. The number of carbonyl (C=O) groups excluding carboxylic acids is 1. The molecule has 1 spiro atoms. The molecule has 0 saturated carbocycles. The molecule has 0 aromatic rings. The monoisotopic (exact) mass is 180 g/mol. The molecule has 72 valence electrons. The van der Waals surface area contributed by atoms with Gasteiger partial charge in [-0.1, -0.05) is 6.08 Å². The molecule has 0 radical (unpaired) electrons. The van der Waals surface area contributed by atoms with Crippen LogP contribution < -0.4 is 5.32 Å². The van der Waals surface area contributed by atoms with Crippen molar-refractivity contribution in [1.82, 2.24) is 10.2 Å². The van der Waals surface area contributed by atoms with Crippen molar-refractivity contribution >= 4 is 5.91 Å². The average molecular weight is 180 g/mol. The largest absolute Gasteiger partial charge is 0.321 e. The third kappa shape index (κ3) is 1.37. The second-order valence-corrected chi connectivity index (χ2v) is 3.95. The minimum atomic E-state index is -0.238. The molecule has 0 aromatic carbocycles. The van der Waals surface area contributed by atoms with Crippen molar-refractivity contribution in [3.8, 4) is 0 Å². The molecule has 1 fully saturated rings. The van der Waals surface area contributed by atoms with Crippen LogP contribution in [0.1, 0.15) is 25.7 Å². The number of carbonyl (C=O) groups is 1. The molecule has 13 heavy (non-hydrogen) atoms. The molecule has 2 heterocycles. The van der Waals surface area contributed by atoms with Crippen molar-refractivity contribution in [2.45, 2.75) is 31.2 Å². The first kappa shape index (κ1) is 8.75. The maximum Gasteiger partial charge on any atom is 0.246 e. The van der Waals surface area contributed by atoms with Crippen LogP contribution >= 0.6 is 0 Å². The summed E-state index contributed by atoms with van der Waals surface area (Å²) >= 11 is 0. The zero-order valence-corrected chi connectivity index (χ0v) is 8.05. The van der Waals surface area contributed by atoms with Crippen molar-refractivity contribution in [3.05, 3.63) is 12.3 Å². The average Bonchev–Trinajstić information content (AvgIpc) is 2.55. The minimum absolute atomic E-state index is 0.235. The van der Waals surface area contributed by atoms with Crippen molar-refractivity contribution in [1.29, 1.82) is 0 Å². The molecule has 1 amide bonds. The fourth-order valence-corrected chi connectivity index (χ4v) is 2.28. The van der Waals surface area contributed by atoms with Crippen LogP contribution in [-0.4, -0.2) is 29.9 Å². The standard InChI is InChI=1S/C10H16N2O/c1-12-8-3-2-5-10(9(12)13)6-4-7-11-10/h3,8,11H,2,4-7H2,1H3/t10-/m0/s1. The number of rotatable bonds is 0. The van der Waals surface area contributed by atoms with Gasteiger partial charge in [0.2, 0.25) is 5.91 Å². The summed E-state index contributed by atoms with van der Waals surface area (Å²) in [6.45, 7) is 0.986. The highest BCUT2D eigenvalue weighted by atomic mass is 16.2. The zero-order valence-electron chi connectivity index (χ0n) is 8.05. The summed E-state index contributed by atoms with van der Waals surface area (Å²) < 4.78 is 0. The Bertz CT molecular complexity index is 241. The fraction of sp³-hybridized carbons (Fsp3) is 0.700. The van der Waals surface area contributed by atoms with E-state index in [1.54, 1.807) is 4.90 Å². The molecule has 2 rings (SSSR count). The summed E-state index contributed by atoms with van der Waals surface area (Å²) in [5.41, 5.74) is -0.238. The first-order valence-corrected chi connectivity index (χ1v) is 4.94. The summed E-state index contributed by atoms with van der Waals surface area (Å²) in [5, 5.41) is 3.36. The van der Waals surface area contributed by atoms with Crippen LogP contribution in [0.5, 0.6) is 0 Å². The number of nitrogens with zero attached hydrogens (tertiary/aromatic N) is 1. The SMILES string of the molecule is CN1C=CCC[C@]2(CCCN2)C1=O. The Balaban J connectivity index is 2.23. The molecule has 0 aromatic heterocycles. The van der Waals surface area contributed by atoms with E-state index in [-0.39, 0.29) is 11.4 Å². The van der Waals surface area contributed by atoms with Crippen molar-refractivity contribution < 1.29 is 4.79 Å². The second-order valence-electron chi connectivity index (χ2n) is 3.95. The lowest BCUT2D eigenvalue weighted by molar-refractivity contribution is -0.134. The van der Waals surface area contributed by atoms with Crippen LogP contribution in [0.25, 0.3) is 0 Å². The van der Waals surface area contributed by atoms with Gasteiger partial charge < -0.3 is 10.2 Å². The van der Waals surface area contributed by atoms with Crippen LogP contribution in [0.3, 0.4) is 0 Å². The first-order valence-electron chi connectivity index (χ1n) is 4.94. The molecule has 1 atom stereocenters. The van der Waals surface area contributed by atoms with Crippen molar-refractivity contribution in [3.63, 3.8) is 0 Å². The van der Waals surface area contributed by atoms with E-state index < -0.39 is 0 Å². The summed E-state index contributed by atoms with van der Waals surface area (Å²) in [5.74, 6) is 0.235. The van der Waals surface area contributed by atoms with Gasteiger partial charge >= 0.3 is 0 Å². The number of amides is 1. The van der Waals surface area contributed by atoms with E-state index in [2.05, 4.69) is 11.4 Å². The van der Waals surface area contributed by atoms with Gasteiger partial charge in [-0.15, -0.1) is 0 Å². The van der Waals surface area contributed by atoms with Gasteiger partial charge in [0.15, 0.2) is 0 Å². The maximum atomic E-state index is 12.0. The fourth-order valence-electron chi connectivity index (χ4n) is 2.28. The Morgan fingerprint density at radius 2 is 2.38 bits per heavy atom. The number of hydrogen-bond donors (Lipinski definition) is 1. The quantitative estimate of drug-likeness (QED) is 0.600. The normalized spacial score (nSPS) is 34.2. The van der Waals surface area contributed by atoms with E-state index in [0.29, 0.717) is 0 Å². The highest BCUT2D eigenvalue weighted by Gasteiger charge is 2.42. The van der Waals surface area contributed by atoms with E-state index in [1.807, 2.05) is 13.2 Å². The number of allylic oxidation sites excluding steroid dienone is 1. The molecular weight excluding hydrogens is 164 g/mol. The van der Waals surface area contributed by atoms with Gasteiger partial charge in [0.25, 0.3) is 0 Å². The van der Waals surface area contributed by atoms with Gasteiger partial charge in [0.05, 0.1) is 5.54 Å². The highest BCUT2D eigenvalue weighted by Crippen LogP contribution is 2.28. The predicted octanol–water partition coefficient (Wildman–Crippen LogP) is 0.874. The van der Waals surface area contributed by atoms with E-state index in [1.165, 1.54) is 0 Å². The molecule has 3 heteroatoms. The van der Waals surface area contributed by atoms with Crippen LogP contribution in [-0.2, 0) is 4.79 Å². The zero-order chi connectivity index (χ0) is 9.31. The number of hydrogen-bond acceptors (Lipinski definition) is 2. The van der Waals surface area contributed by atoms with Gasteiger partial charge in [0.1, 0.15) is 0 Å².